The standard InChI is InChI=1S/C20H18ClFN2O/c1-12-10-23-19-15(4-3-5-18(19)25-2)20(12)24-7-6-13-8-14(21)9-17(22)16(13)11-24/h3-5,8-10H,6-7,11H2,1-2H3. The Kier molecular flexibility index (Phi) is 4.00. The molecule has 0 aliphatic carbocycles. The number of methoxy groups -OCH3 is 1. The van der Waals surface area contributed by atoms with Crippen LogP contribution < -0.4 is 9.64 Å². The van der Waals surface area contributed by atoms with Crippen LogP contribution in [0.15, 0.2) is 36.5 Å². The van der Waals surface area contributed by atoms with Gasteiger partial charge in [0, 0.05) is 35.3 Å². The Labute approximate surface area is 151 Å². The third-order valence-electron chi connectivity index (χ3n) is 4.80. The van der Waals surface area contributed by atoms with E-state index in [1.165, 1.54) is 6.07 Å². The SMILES string of the molecule is COc1cccc2c(N3CCc4cc(Cl)cc(F)c4C3)c(C)cnc12. The van der Waals surface area contributed by atoms with Crippen LogP contribution in [-0.2, 0) is 13.0 Å². The first-order valence-corrected chi connectivity index (χ1v) is 8.60. The summed E-state index contributed by atoms with van der Waals surface area (Å²) >= 11 is 6.00. The van der Waals surface area contributed by atoms with Crippen molar-refractivity contribution in [3.8, 4) is 5.75 Å². The summed E-state index contributed by atoms with van der Waals surface area (Å²) in [6, 6.07) is 9.18. The highest BCUT2D eigenvalue weighted by Crippen LogP contribution is 2.36. The fraction of sp³-hybridized carbons (Fsp3) is 0.250. The van der Waals surface area contributed by atoms with E-state index in [2.05, 4.69) is 9.88 Å². The molecule has 5 heteroatoms. The maximum absolute atomic E-state index is 14.4. The van der Waals surface area contributed by atoms with E-state index >= 15 is 0 Å². The minimum absolute atomic E-state index is 0.235. The Balaban J connectivity index is 1.84. The molecule has 4 rings (SSSR count). The molecule has 3 aromatic rings. The number of halogens is 2. The molecule has 128 valence electrons. The maximum Gasteiger partial charge on any atom is 0.145 e. The fourth-order valence-corrected chi connectivity index (χ4v) is 3.87. The molecule has 0 unspecified atom stereocenters. The van der Waals surface area contributed by atoms with Crippen LogP contribution in [0.25, 0.3) is 10.9 Å². The second kappa shape index (κ2) is 6.19. The van der Waals surface area contributed by atoms with E-state index in [1.54, 1.807) is 7.11 Å². The average Bonchev–Trinajstić information content (AvgIpc) is 2.61. The van der Waals surface area contributed by atoms with Gasteiger partial charge in [-0.25, -0.2) is 4.39 Å². The van der Waals surface area contributed by atoms with E-state index < -0.39 is 0 Å². The molecular weight excluding hydrogens is 339 g/mol. The van der Waals surface area contributed by atoms with E-state index in [0.29, 0.717) is 11.6 Å². The molecule has 0 spiro atoms. The van der Waals surface area contributed by atoms with Crippen molar-refractivity contribution in [2.24, 2.45) is 0 Å². The van der Waals surface area contributed by atoms with Gasteiger partial charge in [-0.1, -0.05) is 23.7 Å². The van der Waals surface area contributed by atoms with Gasteiger partial charge in [0.2, 0.25) is 0 Å². The molecule has 0 amide bonds. The molecule has 1 aliphatic rings. The number of benzene rings is 2. The van der Waals surface area contributed by atoms with Gasteiger partial charge in [0.1, 0.15) is 17.1 Å². The molecule has 0 radical (unpaired) electrons. The normalized spacial score (nSPS) is 13.8. The van der Waals surface area contributed by atoms with Crippen LogP contribution in [0, 0.1) is 12.7 Å². The number of aromatic nitrogens is 1. The van der Waals surface area contributed by atoms with Crippen LogP contribution >= 0.6 is 11.6 Å². The summed E-state index contributed by atoms with van der Waals surface area (Å²) in [7, 11) is 1.65. The molecule has 0 bridgehead atoms. The summed E-state index contributed by atoms with van der Waals surface area (Å²) in [6.07, 6.45) is 2.62. The van der Waals surface area contributed by atoms with Crippen LogP contribution in [0.1, 0.15) is 16.7 Å². The first-order chi connectivity index (χ1) is 12.1. The molecule has 1 aliphatic heterocycles. The zero-order valence-corrected chi connectivity index (χ0v) is 14.9. The second-order valence-electron chi connectivity index (χ2n) is 6.34. The van der Waals surface area contributed by atoms with E-state index in [9.17, 15) is 4.39 Å². The molecule has 2 aromatic carbocycles. The summed E-state index contributed by atoms with van der Waals surface area (Å²) in [5, 5.41) is 1.48. The third kappa shape index (κ3) is 2.71. The number of rotatable bonds is 2. The van der Waals surface area contributed by atoms with Gasteiger partial charge in [0.05, 0.1) is 12.8 Å². The molecular formula is C20H18ClFN2O. The zero-order valence-electron chi connectivity index (χ0n) is 14.1. The summed E-state index contributed by atoms with van der Waals surface area (Å²) < 4.78 is 19.9. The van der Waals surface area contributed by atoms with Crippen LogP contribution in [0.4, 0.5) is 10.1 Å². The summed E-state index contributed by atoms with van der Waals surface area (Å²) in [4.78, 5) is 6.76. The van der Waals surface area contributed by atoms with Gasteiger partial charge in [-0.2, -0.15) is 0 Å². The third-order valence-corrected chi connectivity index (χ3v) is 5.02. The van der Waals surface area contributed by atoms with Gasteiger partial charge in [0.15, 0.2) is 0 Å². The van der Waals surface area contributed by atoms with Crippen molar-refractivity contribution in [1.82, 2.24) is 4.98 Å². The van der Waals surface area contributed by atoms with Crippen LogP contribution in [0.5, 0.6) is 5.75 Å². The maximum atomic E-state index is 14.4. The number of hydrogen-bond acceptors (Lipinski definition) is 3. The van der Waals surface area contributed by atoms with Crippen molar-refractivity contribution in [2.45, 2.75) is 19.9 Å². The molecule has 2 heterocycles. The van der Waals surface area contributed by atoms with Gasteiger partial charge >= 0.3 is 0 Å². The lowest BCUT2D eigenvalue weighted by Crippen LogP contribution is -2.32. The molecule has 25 heavy (non-hydrogen) atoms. The summed E-state index contributed by atoms with van der Waals surface area (Å²) in [6.45, 7) is 3.37. The van der Waals surface area contributed by atoms with Crippen molar-refractivity contribution in [3.05, 3.63) is 64.1 Å². The van der Waals surface area contributed by atoms with Crippen LogP contribution in [-0.4, -0.2) is 18.6 Å². The highest BCUT2D eigenvalue weighted by molar-refractivity contribution is 6.30. The van der Waals surface area contributed by atoms with E-state index in [-0.39, 0.29) is 5.82 Å². The van der Waals surface area contributed by atoms with E-state index in [4.69, 9.17) is 16.3 Å². The Morgan fingerprint density at radius 3 is 2.92 bits per heavy atom. The molecule has 0 atom stereocenters. The number of pyridine rings is 1. The predicted molar refractivity (Wildman–Crippen MR) is 99.2 cm³/mol. The Bertz CT molecular complexity index is 974. The molecule has 0 fully saturated rings. The van der Waals surface area contributed by atoms with Crippen molar-refractivity contribution >= 4 is 28.2 Å². The summed E-state index contributed by atoms with van der Waals surface area (Å²) in [5.41, 5.74) is 4.70. The lowest BCUT2D eigenvalue weighted by molar-refractivity contribution is 0.419. The smallest absolute Gasteiger partial charge is 0.145 e. The number of anilines is 1. The zero-order chi connectivity index (χ0) is 17.6. The molecule has 0 saturated carbocycles. The van der Waals surface area contributed by atoms with Crippen LogP contribution in [0.3, 0.4) is 0 Å². The Hall–Kier alpha value is -2.33. The number of ether oxygens (including phenoxy) is 1. The number of nitrogens with zero attached hydrogens (tertiary/aromatic N) is 2. The van der Waals surface area contributed by atoms with Crippen molar-refractivity contribution in [3.63, 3.8) is 0 Å². The van der Waals surface area contributed by atoms with Gasteiger partial charge in [0.25, 0.3) is 0 Å². The quantitative estimate of drug-likeness (QED) is 0.652. The minimum atomic E-state index is -0.235. The second-order valence-corrected chi connectivity index (χ2v) is 6.78. The van der Waals surface area contributed by atoms with Gasteiger partial charge < -0.3 is 9.64 Å². The van der Waals surface area contributed by atoms with Gasteiger partial charge in [-0.15, -0.1) is 0 Å². The van der Waals surface area contributed by atoms with Crippen molar-refractivity contribution < 1.29 is 9.13 Å². The number of hydrogen-bond donors (Lipinski definition) is 0. The van der Waals surface area contributed by atoms with Crippen molar-refractivity contribution in [2.75, 3.05) is 18.6 Å². The van der Waals surface area contributed by atoms with Crippen molar-refractivity contribution in [1.29, 1.82) is 0 Å². The molecule has 1 aromatic heterocycles. The largest absolute Gasteiger partial charge is 0.494 e. The first-order valence-electron chi connectivity index (χ1n) is 8.22. The minimum Gasteiger partial charge on any atom is -0.494 e. The molecule has 3 nitrogen and oxygen atoms in total. The van der Waals surface area contributed by atoms with Gasteiger partial charge in [-0.3, -0.25) is 4.98 Å². The average molecular weight is 357 g/mol. The monoisotopic (exact) mass is 356 g/mol. The number of para-hydroxylation sites is 1. The lowest BCUT2D eigenvalue weighted by atomic mass is 9.97. The highest BCUT2D eigenvalue weighted by atomic mass is 35.5. The number of aryl methyl sites for hydroxylation is 1. The van der Waals surface area contributed by atoms with Crippen LogP contribution in [0.2, 0.25) is 5.02 Å². The molecule has 0 N–H and O–H groups in total. The highest BCUT2D eigenvalue weighted by Gasteiger charge is 2.23. The lowest BCUT2D eigenvalue weighted by Gasteiger charge is -2.33. The van der Waals surface area contributed by atoms with E-state index in [1.807, 2.05) is 37.4 Å². The topological polar surface area (TPSA) is 25.4 Å². The van der Waals surface area contributed by atoms with Gasteiger partial charge in [-0.05, 0) is 42.7 Å². The van der Waals surface area contributed by atoms with E-state index in [0.717, 1.165) is 52.0 Å². The molecule has 0 saturated heterocycles. The number of fused-ring (bicyclic) bond motifs is 2. The predicted octanol–water partition coefficient (Wildman–Crippen LogP) is 4.91. The Morgan fingerprint density at radius 1 is 1.28 bits per heavy atom. The fourth-order valence-electron chi connectivity index (χ4n) is 3.64. The first kappa shape index (κ1) is 16.2. The Morgan fingerprint density at radius 2 is 2.12 bits per heavy atom. The summed E-state index contributed by atoms with van der Waals surface area (Å²) in [5.74, 6) is 0.509.